The van der Waals surface area contributed by atoms with Gasteiger partial charge in [0.05, 0.1) is 6.61 Å². The van der Waals surface area contributed by atoms with Crippen LogP contribution in [0.25, 0.3) is 0 Å². The highest BCUT2D eigenvalue weighted by molar-refractivity contribution is 6.74. The zero-order valence-corrected chi connectivity index (χ0v) is 15.3. The molecule has 1 atom stereocenters. The molecule has 0 aliphatic heterocycles. The number of aliphatic hydroxyl groups excluding tert-OH is 1. The van der Waals surface area contributed by atoms with E-state index >= 15 is 0 Å². The summed E-state index contributed by atoms with van der Waals surface area (Å²) < 4.78 is 6.59. The molecule has 2 bridgehead atoms. The van der Waals surface area contributed by atoms with Crippen LogP contribution in [0.1, 0.15) is 53.9 Å². The van der Waals surface area contributed by atoms with Gasteiger partial charge in [0.1, 0.15) is 0 Å². The molecule has 0 radical (unpaired) electrons. The molecule has 0 spiro atoms. The molecule has 0 saturated heterocycles. The highest BCUT2D eigenvalue weighted by Crippen LogP contribution is 2.76. The van der Waals surface area contributed by atoms with E-state index in [-0.39, 0.29) is 11.6 Å². The van der Waals surface area contributed by atoms with Crippen LogP contribution in [0.4, 0.5) is 0 Å². The van der Waals surface area contributed by atoms with Crippen LogP contribution in [0.3, 0.4) is 0 Å². The van der Waals surface area contributed by atoms with E-state index in [9.17, 15) is 0 Å². The van der Waals surface area contributed by atoms with Crippen LogP contribution in [0, 0.1) is 10.8 Å². The Morgan fingerprint density at radius 2 is 1.80 bits per heavy atom. The summed E-state index contributed by atoms with van der Waals surface area (Å²) in [5.74, 6) is 0. The molecule has 3 heteroatoms. The summed E-state index contributed by atoms with van der Waals surface area (Å²) in [6, 6.07) is 0. The van der Waals surface area contributed by atoms with Crippen LogP contribution in [-0.2, 0) is 4.43 Å². The maximum atomic E-state index is 9.16. The molecule has 20 heavy (non-hydrogen) atoms. The van der Waals surface area contributed by atoms with E-state index < -0.39 is 8.32 Å². The maximum Gasteiger partial charge on any atom is 0.192 e. The Balaban J connectivity index is 1.95. The third-order valence-corrected chi connectivity index (χ3v) is 10.6. The summed E-state index contributed by atoms with van der Waals surface area (Å²) in [6.07, 6.45) is 6.47. The Kier molecular flexibility index (Phi) is 3.81. The van der Waals surface area contributed by atoms with Crippen molar-refractivity contribution in [2.75, 3.05) is 6.61 Å². The normalized spacial score (nSPS) is 35.3. The van der Waals surface area contributed by atoms with Gasteiger partial charge >= 0.3 is 0 Å². The first-order valence-corrected chi connectivity index (χ1v) is 10.8. The summed E-state index contributed by atoms with van der Waals surface area (Å²) in [6.45, 7) is 16.1. The minimum absolute atomic E-state index is 0.199. The average Bonchev–Trinajstić information content (AvgIpc) is 2.18. The van der Waals surface area contributed by atoms with Crippen molar-refractivity contribution < 1.29 is 9.53 Å². The van der Waals surface area contributed by atoms with Gasteiger partial charge in [0, 0.05) is 6.10 Å². The zero-order chi connectivity index (χ0) is 15.4. The van der Waals surface area contributed by atoms with Crippen molar-refractivity contribution in [2.24, 2.45) is 10.8 Å². The molecule has 0 amide bonds. The van der Waals surface area contributed by atoms with Gasteiger partial charge in [-0.25, -0.2) is 0 Å². The molecule has 3 saturated carbocycles. The van der Waals surface area contributed by atoms with Gasteiger partial charge in [-0.3, -0.25) is 0 Å². The van der Waals surface area contributed by atoms with Crippen molar-refractivity contribution in [1.82, 2.24) is 0 Å². The standard InChI is InChI=1S/C17H32O2Si/c1-13(9-18)8-16-10-17(11-16,12-16)14(2)19-20(6,7)15(3,4)5/h8,14,18H,9-12H2,1-7H3/b13-8+. The molecular weight excluding hydrogens is 264 g/mol. The van der Waals surface area contributed by atoms with Crippen LogP contribution in [-0.4, -0.2) is 26.1 Å². The number of hydrogen-bond acceptors (Lipinski definition) is 2. The second-order valence-electron chi connectivity index (χ2n) is 8.92. The van der Waals surface area contributed by atoms with Gasteiger partial charge in [0.15, 0.2) is 8.32 Å². The van der Waals surface area contributed by atoms with Crippen molar-refractivity contribution in [3.05, 3.63) is 11.6 Å². The van der Waals surface area contributed by atoms with Crippen LogP contribution < -0.4 is 0 Å². The second-order valence-corrected chi connectivity index (χ2v) is 13.7. The van der Waals surface area contributed by atoms with Crippen molar-refractivity contribution >= 4 is 8.32 Å². The van der Waals surface area contributed by atoms with E-state index in [0.717, 1.165) is 5.57 Å². The van der Waals surface area contributed by atoms with Gasteiger partial charge < -0.3 is 9.53 Å². The minimum atomic E-state index is -1.65. The molecule has 1 unspecified atom stereocenters. The topological polar surface area (TPSA) is 29.5 Å². The summed E-state index contributed by atoms with van der Waals surface area (Å²) in [7, 11) is -1.65. The first-order valence-electron chi connectivity index (χ1n) is 7.92. The van der Waals surface area contributed by atoms with Crippen molar-refractivity contribution in [3.8, 4) is 0 Å². The molecule has 3 rings (SSSR count). The molecule has 0 aromatic heterocycles. The Labute approximate surface area is 125 Å². The molecule has 0 aromatic carbocycles. The van der Waals surface area contributed by atoms with E-state index in [4.69, 9.17) is 9.53 Å². The molecular formula is C17H32O2Si. The quantitative estimate of drug-likeness (QED) is 0.597. The van der Waals surface area contributed by atoms with Gasteiger partial charge in [-0.05, 0) is 62.1 Å². The van der Waals surface area contributed by atoms with E-state index in [1.807, 2.05) is 6.92 Å². The minimum Gasteiger partial charge on any atom is -0.414 e. The fraction of sp³-hybridized carbons (Fsp3) is 0.882. The van der Waals surface area contributed by atoms with E-state index in [1.54, 1.807) is 0 Å². The van der Waals surface area contributed by atoms with E-state index in [2.05, 4.69) is 46.9 Å². The molecule has 2 nitrogen and oxygen atoms in total. The molecule has 3 aliphatic rings. The second kappa shape index (κ2) is 4.69. The molecule has 0 aromatic rings. The lowest BCUT2D eigenvalue weighted by Crippen LogP contribution is -2.67. The predicted molar refractivity (Wildman–Crippen MR) is 87.3 cm³/mol. The monoisotopic (exact) mass is 296 g/mol. The van der Waals surface area contributed by atoms with E-state index in [1.165, 1.54) is 19.3 Å². The van der Waals surface area contributed by atoms with Gasteiger partial charge in [0.25, 0.3) is 0 Å². The zero-order valence-electron chi connectivity index (χ0n) is 14.3. The van der Waals surface area contributed by atoms with Crippen molar-refractivity contribution in [1.29, 1.82) is 0 Å². The fourth-order valence-corrected chi connectivity index (χ4v) is 5.33. The van der Waals surface area contributed by atoms with Gasteiger partial charge in [0.2, 0.25) is 0 Å². The maximum absolute atomic E-state index is 9.16. The van der Waals surface area contributed by atoms with Gasteiger partial charge in [-0.1, -0.05) is 32.4 Å². The summed E-state index contributed by atoms with van der Waals surface area (Å²) in [4.78, 5) is 0. The number of rotatable bonds is 5. The van der Waals surface area contributed by atoms with Crippen molar-refractivity contribution in [3.63, 3.8) is 0 Å². The van der Waals surface area contributed by atoms with Crippen LogP contribution in [0.15, 0.2) is 11.6 Å². The Morgan fingerprint density at radius 3 is 2.20 bits per heavy atom. The first-order chi connectivity index (χ1) is 8.95. The SMILES string of the molecule is C/C(=C\C12CC(C(C)O[Si](C)(C)C(C)(C)C)(C1)C2)CO. The lowest BCUT2D eigenvalue weighted by Gasteiger charge is -2.72. The smallest absolute Gasteiger partial charge is 0.192 e. The van der Waals surface area contributed by atoms with Crippen molar-refractivity contribution in [2.45, 2.75) is 78.1 Å². The first kappa shape index (κ1) is 16.3. The van der Waals surface area contributed by atoms with Crippen LogP contribution in [0.5, 0.6) is 0 Å². The molecule has 116 valence electrons. The summed E-state index contributed by atoms with van der Waals surface area (Å²) in [5.41, 5.74) is 1.95. The lowest BCUT2D eigenvalue weighted by atomic mass is 9.33. The highest BCUT2D eigenvalue weighted by atomic mass is 28.4. The Hall–Kier alpha value is -0.123. The van der Waals surface area contributed by atoms with Crippen LogP contribution in [0.2, 0.25) is 18.1 Å². The average molecular weight is 297 g/mol. The molecule has 1 N–H and O–H groups in total. The molecule has 0 heterocycles. The number of hydrogen-bond donors (Lipinski definition) is 1. The van der Waals surface area contributed by atoms with Gasteiger partial charge in [-0.2, -0.15) is 0 Å². The third-order valence-electron chi connectivity index (χ3n) is 6.05. The summed E-state index contributed by atoms with van der Waals surface area (Å²) in [5, 5.41) is 9.45. The fourth-order valence-electron chi connectivity index (χ4n) is 3.84. The predicted octanol–water partition coefficient (Wildman–Crippen LogP) is 4.51. The highest BCUT2D eigenvalue weighted by Gasteiger charge is 2.69. The van der Waals surface area contributed by atoms with E-state index in [0.29, 0.717) is 16.9 Å². The molecule has 3 aliphatic carbocycles. The largest absolute Gasteiger partial charge is 0.414 e. The van der Waals surface area contributed by atoms with Crippen LogP contribution >= 0.6 is 0 Å². The summed E-state index contributed by atoms with van der Waals surface area (Å²) >= 11 is 0. The third kappa shape index (κ3) is 2.53. The Bertz CT molecular complexity index is 397. The number of aliphatic hydroxyl groups is 1. The lowest BCUT2D eigenvalue weighted by molar-refractivity contribution is -0.219. The number of allylic oxidation sites excluding steroid dienone is 1. The Morgan fingerprint density at radius 1 is 1.30 bits per heavy atom. The molecule has 3 fully saturated rings. The van der Waals surface area contributed by atoms with Gasteiger partial charge in [-0.15, -0.1) is 0 Å².